The molecule has 0 atom stereocenters. The van der Waals surface area contributed by atoms with Crippen molar-refractivity contribution < 1.29 is 0 Å². The van der Waals surface area contributed by atoms with Crippen LogP contribution in [-0.4, -0.2) is 4.98 Å². The minimum atomic E-state index is 0.241. The zero-order valence-electron chi connectivity index (χ0n) is 11.5. The van der Waals surface area contributed by atoms with Gasteiger partial charge in [-0.15, -0.1) is 0 Å². The molecule has 0 amide bonds. The topological polar surface area (TPSA) is 12.9 Å². The highest BCUT2D eigenvalue weighted by Gasteiger charge is 2.16. The van der Waals surface area contributed by atoms with Crippen LogP contribution in [0.1, 0.15) is 28.3 Å². The quantitative estimate of drug-likeness (QED) is 0.671. The van der Waals surface area contributed by atoms with Crippen LogP contribution in [0.2, 0.25) is 0 Å². The summed E-state index contributed by atoms with van der Waals surface area (Å²) in [6.45, 7) is 2.02. The van der Waals surface area contributed by atoms with Gasteiger partial charge in [0.05, 0.1) is 0 Å². The molecule has 0 saturated heterocycles. The van der Waals surface area contributed by atoms with Crippen LogP contribution in [0, 0.1) is 6.92 Å². The predicted molar refractivity (Wildman–Crippen MR) is 82.8 cm³/mol. The highest BCUT2D eigenvalue weighted by atomic mass is 14.7. The van der Waals surface area contributed by atoms with Crippen LogP contribution in [-0.2, 0) is 0 Å². The highest BCUT2D eigenvalue weighted by Crippen LogP contribution is 2.31. The predicted octanol–water partition coefficient (Wildman–Crippen LogP) is 4.57. The third-order valence-corrected chi connectivity index (χ3v) is 3.53. The van der Waals surface area contributed by atoms with Crippen molar-refractivity contribution in [1.29, 1.82) is 0 Å². The molecule has 0 aliphatic rings. The Bertz CT molecular complexity index is 618. The molecule has 0 unspecified atom stereocenters. The van der Waals surface area contributed by atoms with Gasteiger partial charge in [0.25, 0.3) is 0 Å². The van der Waals surface area contributed by atoms with Crippen molar-refractivity contribution in [2.45, 2.75) is 12.8 Å². The largest absolute Gasteiger partial charge is 0.261 e. The number of nitrogens with zero attached hydrogens (tertiary/aromatic N) is 1. The van der Waals surface area contributed by atoms with Gasteiger partial charge in [0, 0.05) is 17.8 Å². The number of pyridine rings is 1. The molecule has 3 aromatic rings. The average molecular weight is 259 g/mol. The molecule has 0 bridgehead atoms. The molecular formula is C19H17N. The number of hydrogen-bond donors (Lipinski definition) is 0. The third kappa shape index (κ3) is 2.62. The molecule has 2 aromatic carbocycles. The van der Waals surface area contributed by atoms with E-state index in [4.69, 9.17) is 0 Å². The first-order chi connectivity index (χ1) is 9.84. The molecule has 0 spiro atoms. The first-order valence-corrected chi connectivity index (χ1v) is 6.87. The van der Waals surface area contributed by atoms with Gasteiger partial charge in [0.2, 0.25) is 0 Å². The second kappa shape index (κ2) is 5.70. The van der Waals surface area contributed by atoms with Gasteiger partial charge >= 0.3 is 0 Å². The number of aromatic nitrogens is 1. The van der Waals surface area contributed by atoms with Gasteiger partial charge in [-0.2, -0.15) is 0 Å². The second-order valence-corrected chi connectivity index (χ2v) is 4.99. The molecule has 0 saturated carbocycles. The monoisotopic (exact) mass is 259 g/mol. The maximum Gasteiger partial charge on any atom is 0.0372 e. The fourth-order valence-electron chi connectivity index (χ4n) is 2.52. The van der Waals surface area contributed by atoms with Crippen LogP contribution in [0.4, 0.5) is 0 Å². The van der Waals surface area contributed by atoms with Crippen molar-refractivity contribution in [3.05, 3.63) is 101 Å². The number of benzene rings is 2. The summed E-state index contributed by atoms with van der Waals surface area (Å²) < 4.78 is 0. The van der Waals surface area contributed by atoms with E-state index in [1.54, 1.807) is 0 Å². The summed E-state index contributed by atoms with van der Waals surface area (Å²) in [5.41, 5.74) is 4.87. The molecule has 0 N–H and O–H groups in total. The van der Waals surface area contributed by atoms with Crippen LogP contribution in [0.25, 0.3) is 0 Å². The maximum atomic E-state index is 4.45. The lowest BCUT2D eigenvalue weighted by atomic mass is 9.86. The van der Waals surface area contributed by atoms with E-state index in [0.29, 0.717) is 0 Å². The zero-order valence-corrected chi connectivity index (χ0v) is 11.5. The van der Waals surface area contributed by atoms with E-state index in [-0.39, 0.29) is 5.92 Å². The molecule has 0 fully saturated rings. The van der Waals surface area contributed by atoms with E-state index in [1.165, 1.54) is 16.7 Å². The van der Waals surface area contributed by atoms with Crippen LogP contribution < -0.4 is 0 Å². The first-order valence-electron chi connectivity index (χ1n) is 6.87. The molecule has 1 heterocycles. The molecule has 0 aliphatic carbocycles. The molecule has 1 heteroatoms. The highest BCUT2D eigenvalue weighted by molar-refractivity contribution is 5.42. The van der Waals surface area contributed by atoms with E-state index in [0.717, 1.165) is 5.69 Å². The summed E-state index contributed by atoms with van der Waals surface area (Å²) in [5.74, 6) is 0.241. The standard InChI is InChI=1S/C19H17N/c1-15-12-13-18(14-20-15)19(16-8-4-2-5-9-16)17-10-6-3-7-11-17/h2-14,19H,1H3. The lowest BCUT2D eigenvalue weighted by Gasteiger charge is -2.18. The summed E-state index contributed by atoms with van der Waals surface area (Å²) in [5, 5.41) is 0. The van der Waals surface area contributed by atoms with Gasteiger partial charge in [0.15, 0.2) is 0 Å². The third-order valence-electron chi connectivity index (χ3n) is 3.53. The lowest BCUT2D eigenvalue weighted by molar-refractivity contribution is 0.957. The Morgan fingerprint density at radius 3 is 1.65 bits per heavy atom. The lowest BCUT2D eigenvalue weighted by Crippen LogP contribution is -2.03. The van der Waals surface area contributed by atoms with Gasteiger partial charge in [-0.05, 0) is 29.7 Å². The maximum absolute atomic E-state index is 4.45. The van der Waals surface area contributed by atoms with Gasteiger partial charge in [-0.25, -0.2) is 0 Å². The van der Waals surface area contributed by atoms with Gasteiger partial charge in [-0.3, -0.25) is 4.98 Å². The van der Waals surface area contributed by atoms with Crippen LogP contribution >= 0.6 is 0 Å². The Morgan fingerprint density at radius 2 is 1.20 bits per heavy atom. The molecular weight excluding hydrogens is 242 g/mol. The SMILES string of the molecule is Cc1ccc(C(c2ccccc2)c2ccccc2)cn1. The number of aryl methyl sites for hydroxylation is 1. The minimum absolute atomic E-state index is 0.241. The van der Waals surface area contributed by atoms with E-state index in [2.05, 4.69) is 77.8 Å². The van der Waals surface area contributed by atoms with Gasteiger partial charge < -0.3 is 0 Å². The van der Waals surface area contributed by atoms with Crippen molar-refractivity contribution in [2.75, 3.05) is 0 Å². The van der Waals surface area contributed by atoms with Gasteiger partial charge in [-0.1, -0.05) is 66.7 Å². The summed E-state index contributed by atoms with van der Waals surface area (Å²) in [4.78, 5) is 4.45. The molecule has 1 nitrogen and oxygen atoms in total. The van der Waals surface area contributed by atoms with E-state index >= 15 is 0 Å². The Morgan fingerprint density at radius 1 is 0.650 bits per heavy atom. The van der Waals surface area contributed by atoms with Crippen molar-refractivity contribution >= 4 is 0 Å². The average Bonchev–Trinajstić information content (AvgIpc) is 2.52. The van der Waals surface area contributed by atoms with Crippen molar-refractivity contribution in [3.63, 3.8) is 0 Å². The molecule has 1 aromatic heterocycles. The van der Waals surface area contributed by atoms with Crippen LogP contribution in [0.5, 0.6) is 0 Å². The zero-order chi connectivity index (χ0) is 13.8. The Kier molecular flexibility index (Phi) is 3.60. The van der Waals surface area contributed by atoms with Crippen molar-refractivity contribution in [1.82, 2.24) is 4.98 Å². The van der Waals surface area contributed by atoms with E-state index in [9.17, 15) is 0 Å². The van der Waals surface area contributed by atoms with Gasteiger partial charge in [0.1, 0.15) is 0 Å². The fourth-order valence-corrected chi connectivity index (χ4v) is 2.52. The summed E-state index contributed by atoms with van der Waals surface area (Å²) >= 11 is 0. The van der Waals surface area contributed by atoms with Crippen LogP contribution in [0.15, 0.2) is 79.0 Å². The molecule has 0 radical (unpaired) electrons. The minimum Gasteiger partial charge on any atom is -0.261 e. The molecule has 3 rings (SSSR count). The molecule has 98 valence electrons. The second-order valence-electron chi connectivity index (χ2n) is 4.99. The molecule has 20 heavy (non-hydrogen) atoms. The molecule has 0 aliphatic heterocycles. The van der Waals surface area contributed by atoms with Crippen molar-refractivity contribution in [2.24, 2.45) is 0 Å². The smallest absolute Gasteiger partial charge is 0.0372 e. The Hall–Kier alpha value is -2.41. The Labute approximate surface area is 119 Å². The van der Waals surface area contributed by atoms with Crippen LogP contribution in [0.3, 0.4) is 0 Å². The summed E-state index contributed by atoms with van der Waals surface area (Å²) in [6.07, 6.45) is 1.99. The number of hydrogen-bond acceptors (Lipinski definition) is 1. The van der Waals surface area contributed by atoms with E-state index < -0.39 is 0 Å². The first kappa shape index (κ1) is 12.6. The van der Waals surface area contributed by atoms with Crippen molar-refractivity contribution in [3.8, 4) is 0 Å². The summed E-state index contributed by atoms with van der Waals surface area (Å²) in [7, 11) is 0. The Balaban J connectivity index is 2.11. The summed E-state index contributed by atoms with van der Waals surface area (Å²) in [6, 6.07) is 25.4. The number of rotatable bonds is 3. The van der Waals surface area contributed by atoms with E-state index in [1.807, 2.05) is 13.1 Å². The normalized spacial score (nSPS) is 10.7. The fraction of sp³-hybridized carbons (Fsp3) is 0.105.